The number of fused-ring (bicyclic) bond motifs is 1. The van der Waals surface area contributed by atoms with Gasteiger partial charge in [0.2, 0.25) is 5.91 Å². The lowest BCUT2D eigenvalue weighted by molar-refractivity contribution is -0.132. The number of nitrogens with one attached hydrogen (secondary N) is 1. The van der Waals surface area contributed by atoms with Crippen LogP contribution in [0, 0.1) is 0 Å². The van der Waals surface area contributed by atoms with Gasteiger partial charge in [0.05, 0.1) is 11.0 Å². The number of hydrogen-bond acceptors (Lipinski definition) is 3. The topological polar surface area (TPSA) is 67.2 Å². The first-order valence-corrected chi connectivity index (χ1v) is 11.3. The van der Waals surface area contributed by atoms with Crippen molar-refractivity contribution in [3.63, 3.8) is 0 Å². The number of hydrogen-bond donors (Lipinski definition) is 1. The van der Waals surface area contributed by atoms with Crippen LogP contribution >= 0.6 is 11.6 Å². The van der Waals surface area contributed by atoms with E-state index < -0.39 is 0 Å². The van der Waals surface area contributed by atoms with Crippen molar-refractivity contribution in [2.75, 3.05) is 19.6 Å². The molecular weight excluding hydrogens is 412 g/mol. The van der Waals surface area contributed by atoms with Crippen molar-refractivity contribution >= 4 is 34.4 Å². The van der Waals surface area contributed by atoms with Crippen LogP contribution in [0.25, 0.3) is 11.0 Å². The van der Waals surface area contributed by atoms with Gasteiger partial charge in [0.1, 0.15) is 12.4 Å². The Hall–Kier alpha value is -2.86. The summed E-state index contributed by atoms with van der Waals surface area (Å²) in [6.07, 6.45) is 4.76. The Balaban J connectivity index is 1.40. The molecule has 1 aromatic heterocycles. The van der Waals surface area contributed by atoms with Crippen LogP contribution in [0.4, 0.5) is 0 Å². The van der Waals surface area contributed by atoms with Crippen LogP contribution in [0.5, 0.6) is 0 Å². The van der Waals surface area contributed by atoms with Gasteiger partial charge in [-0.1, -0.05) is 29.8 Å². The molecular formula is C24H27ClN4O2. The molecule has 1 fully saturated rings. The standard InChI is InChI=1S/C24H27ClN4O2/c25-19-9-6-8-18(16-19)24(31)26-13-7-12-22-27-20-10-2-3-11-21(20)29(22)17-23(30)28-14-4-1-5-15-28/h2-3,6,8-11,16H,1,4-5,7,12-15,17H2,(H,26,31). The molecule has 0 radical (unpaired) electrons. The van der Waals surface area contributed by atoms with E-state index in [4.69, 9.17) is 16.6 Å². The van der Waals surface area contributed by atoms with E-state index in [9.17, 15) is 9.59 Å². The fraction of sp³-hybridized carbons (Fsp3) is 0.375. The van der Waals surface area contributed by atoms with Gasteiger partial charge < -0.3 is 14.8 Å². The SMILES string of the molecule is O=C(NCCCc1nc2ccccc2n1CC(=O)N1CCCCC1)c1cccc(Cl)c1. The maximum absolute atomic E-state index is 12.9. The second-order valence-electron chi connectivity index (χ2n) is 7.91. The lowest BCUT2D eigenvalue weighted by Gasteiger charge is -2.27. The quantitative estimate of drug-likeness (QED) is 0.565. The molecule has 7 heteroatoms. The molecule has 0 unspecified atom stereocenters. The summed E-state index contributed by atoms with van der Waals surface area (Å²) < 4.78 is 2.03. The van der Waals surface area contributed by atoms with Gasteiger partial charge in [-0.25, -0.2) is 4.98 Å². The average molecular weight is 439 g/mol. The summed E-state index contributed by atoms with van der Waals surface area (Å²) in [5.74, 6) is 0.887. The Morgan fingerprint density at radius 2 is 1.84 bits per heavy atom. The first-order valence-electron chi connectivity index (χ1n) is 10.9. The van der Waals surface area contributed by atoms with Crippen LogP contribution in [0.1, 0.15) is 41.9 Å². The van der Waals surface area contributed by atoms with E-state index in [1.165, 1.54) is 6.42 Å². The van der Waals surface area contributed by atoms with Crippen molar-refractivity contribution in [3.8, 4) is 0 Å². The van der Waals surface area contributed by atoms with Gasteiger partial charge >= 0.3 is 0 Å². The summed E-state index contributed by atoms with van der Waals surface area (Å²) in [4.78, 5) is 31.9. The molecule has 3 aromatic rings. The summed E-state index contributed by atoms with van der Waals surface area (Å²) in [6, 6.07) is 14.8. The number of nitrogens with zero attached hydrogens (tertiary/aromatic N) is 3. The Morgan fingerprint density at radius 1 is 1.03 bits per heavy atom. The maximum Gasteiger partial charge on any atom is 0.251 e. The molecule has 1 N–H and O–H groups in total. The molecule has 0 bridgehead atoms. The molecule has 6 nitrogen and oxygen atoms in total. The fourth-order valence-corrected chi connectivity index (χ4v) is 4.24. The van der Waals surface area contributed by atoms with Crippen LogP contribution in [0.3, 0.4) is 0 Å². The van der Waals surface area contributed by atoms with E-state index in [0.717, 1.165) is 49.2 Å². The van der Waals surface area contributed by atoms with Crippen molar-refractivity contribution in [1.82, 2.24) is 19.8 Å². The Kier molecular flexibility index (Phi) is 6.87. The Morgan fingerprint density at radius 3 is 2.65 bits per heavy atom. The zero-order chi connectivity index (χ0) is 21.6. The third-order valence-corrected chi connectivity index (χ3v) is 5.92. The monoisotopic (exact) mass is 438 g/mol. The van der Waals surface area contributed by atoms with Gasteiger partial charge in [-0.05, 0) is 56.0 Å². The van der Waals surface area contributed by atoms with E-state index >= 15 is 0 Å². The molecule has 31 heavy (non-hydrogen) atoms. The summed E-state index contributed by atoms with van der Waals surface area (Å²) in [5, 5.41) is 3.47. The number of benzene rings is 2. The molecule has 1 aliphatic rings. The van der Waals surface area contributed by atoms with Gasteiger partial charge in [-0.15, -0.1) is 0 Å². The van der Waals surface area contributed by atoms with E-state index in [1.54, 1.807) is 24.3 Å². The average Bonchev–Trinajstić information content (AvgIpc) is 3.14. The smallest absolute Gasteiger partial charge is 0.251 e. The van der Waals surface area contributed by atoms with Crippen molar-refractivity contribution in [3.05, 3.63) is 64.9 Å². The minimum absolute atomic E-state index is 0.142. The van der Waals surface area contributed by atoms with E-state index in [1.807, 2.05) is 33.7 Å². The molecule has 0 saturated carbocycles. The van der Waals surface area contributed by atoms with Gasteiger partial charge in [0, 0.05) is 36.6 Å². The van der Waals surface area contributed by atoms with Crippen LogP contribution in [0.15, 0.2) is 48.5 Å². The molecule has 2 amide bonds. The summed E-state index contributed by atoms with van der Waals surface area (Å²) >= 11 is 5.96. The largest absolute Gasteiger partial charge is 0.352 e. The van der Waals surface area contributed by atoms with Crippen molar-refractivity contribution in [1.29, 1.82) is 0 Å². The van der Waals surface area contributed by atoms with Crippen LogP contribution < -0.4 is 5.32 Å². The van der Waals surface area contributed by atoms with Crippen LogP contribution in [-0.4, -0.2) is 45.9 Å². The number of aryl methyl sites for hydroxylation is 1. The van der Waals surface area contributed by atoms with E-state index in [2.05, 4.69) is 5.32 Å². The van der Waals surface area contributed by atoms with Crippen molar-refractivity contribution in [2.45, 2.75) is 38.6 Å². The first kappa shape index (κ1) is 21.4. The number of aromatic nitrogens is 2. The molecule has 1 saturated heterocycles. The van der Waals surface area contributed by atoms with E-state index in [0.29, 0.717) is 30.1 Å². The molecule has 0 aliphatic carbocycles. The van der Waals surface area contributed by atoms with E-state index in [-0.39, 0.29) is 11.8 Å². The van der Waals surface area contributed by atoms with Crippen LogP contribution in [-0.2, 0) is 17.8 Å². The second kappa shape index (κ2) is 9.96. The molecule has 4 rings (SSSR count). The lowest BCUT2D eigenvalue weighted by Crippen LogP contribution is -2.38. The van der Waals surface area contributed by atoms with Crippen molar-refractivity contribution in [2.24, 2.45) is 0 Å². The number of likely N-dealkylation sites (tertiary alicyclic amines) is 1. The molecule has 162 valence electrons. The maximum atomic E-state index is 12.9. The number of piperidine rings is 1. The molecule has 2 heterocycles. The number of amides is 2. The normalized spacial score (nSPS) is 14.0. The highest BCUT2D eigenvalue weighted by atomic mass is 35.5. The fourth-order valence-electron chi connectivity index (χ4n) is 4.05. The third kappa shape index (κ3) is 5.25. The number of imidazole rings is 1. The van der Waals surface area contributed by atoms with Crippen LogP contribution in [0.2, 0.25) is 5.02 Å². The lowest BCUT2D eigenvalue weighted by atomic mass is 10.1. The molecule has 0 atom stereocenters. The zero-order valence-electron chi connectivity index (χ0n) is 17.5. The van der Waals surface area contributed by atoms with Gasteiger partial charge in [0.25, 0.3) is 5.91 Å². The molecule has 0 spiro atoms. The van der Waals surface area contributed by atoms with Gasteiger partial charge in [0.15, 0.2) is 0 Å². The highest BCUT2D eigenvalue weighted by Gasteiger charge is 2.19. The zero-order valence-corrected chi connectivity index (χ0v) is 18.3. The number of carbonyl (C=O) groups excluding carboxylic acids is 2. The number of carbonyl (C=O) groups is 2. The minimum atomic E-state index is -0.142. The number of para-hydroxylation sites is 2. The Bertz CT molecular complexity index is 1070. The number of rotatable bonds is 7. The first-order chi connectivity index (χ1) is 15.1. The summed E-state index contributed by atoms with van der Waals surface area (Å²) in [6.45, 7) is 2.52. The third-order valence-electron chi connectivity index (χ3n) is 5.69. The number of halogens is 1. The van der Waals surface area contributed by atoms with Crippen molar-refractivity contribution < 1.29 is 9.59 Å². The summed E-state index contributed by atoms with van der Waals surface area (Å²) in [7, 11) is 0. The minimum Gasteiger partial charge on any atom is -0.352 e. The van der Waals surface area contributed by atoms with Gasteiger partial charge in [-0.3, -0.25) is 9.59 Å². The highest BCUT2D eigenvalue weighted by Crippen LogP contribution is 2.18. The summed E-state index contributed by atoms with van der Waals surface area (Å²) in [5.41, 5.74) is 2.42. The molecule has 1 aliphatic heterocycles. The second-order valence-corrected chi connectivity index (χ2v) is 8.35. The molecule has 2 aromatic carbocycles. The van der Waals surface area contributed by atoms with Gasteiger partial charge in [-0.2, -0.15) is 0 Å². The highest BCUT2D eigenvalue weighted by molar-refractivity contribution is 6.30. The Labute approximate surface area is 187 Å². The predicted molar refractivity (Wildman–Crippen MR) is 122 cm³/mol. The predicted octanol–water partition coefficient (Wildman–Crippen LogP) is 4.06.